The number of nitrogens with zero attached hydrogens (tertiary/aromatic N) is 2. The van der Waals surface area contributed by atoms with Crippen molar-refractivity contribution < 1.29 is 14.3 Å². The molecule has 0 radical (unpaired) electrons. The van der Waals surface area contributed by atoms with Crippen LogP contribution >= 0.6 is 0 Å². The van der Waals surface area contributed by atoms with Crippen molar-refractivity contribution in [3.05, 3.63) is 41.2 Å². The van der Waals surface area contributed by atoms with Gasteiger partial charge in [-0.1, -0.05) is 31.5 Å². The molecule has 0 aliphatic carbocycles. The van der Waals surface area contributed by atoms with Gasteiger partial charge in [-0.05, 0) is 26.0 Å². The third-order valence-electron chi connectivity index (χ3n) is 2.79. The summed E-state index contributed by atoms with van der Waals surface area (Å²) >= 11 is 0. The van der Waals surface area contributed by atoms with Crippen LogP contribution in [0.1, 0.15) is 35.6 Å². The summed E-state index contributed by atoms with van der Waals surface area (Å²) in [6, 6.07) is 7.59. The molecular formula is C16H22N2O3. The Morgan fingerprint density at radius 1 is 1.14 bits per heavy atom. The van der Waals surface area contributed by atoms with Gasteiger partial charge in [0.1, 0.15) is 11.4 Å². The first kappa shape index (κ1) is 16.8. The zero-order valence-electron chi connectivity index (χ0n) is 13.4. The van der Waals surface area contributed by atoms with Crippen molar-refractivity contribution in [2.24, 2.45) is 7.05 Å². The summed E-state index contributed by atoms with van der Waals surface area (Å²) in [7, 11) is 3.02. The van der Waals surface area contributed by atoms with E-state index in [-0.39, 0.29) is 0 Å². The third kappa shape index (κ3) is 3.84. The van der Waals surface area contributed by atoms with Crippen LogP contribution < -0.4 is 4.74 Å². The Hall–Kier alpha value is -2.30. The number of hydrogen-bond acceptors (Lipinski definition) is 4. The zero-order chi connectivity index (χ0) is 16.0. The average Bonchev–Trinajstić information content (AvgIpc) is 2.77. The number of esters is 1. The molecule has 0 aliphatic rings. The monoisotopic (exact) mass is 290 g/mol. The normalized spacial score (nSPS) is 9.62. The van der Waals surface area contributed by atoms with Crippen LogP contribution in [0.3, 0.4) is 0 Å². The van der Waals surface area contributed by atoms with E-state index >= 15 is 0 Å². The van der Waals surface area contributed by atoms with Gasteiger partial charge in [0.2, 0.25) is 0 Å². The molecule has 114 valence electrons. The Morgan fingerprint density at radius 2 is 1.71 bits per heavy atom. The number of methoxy groups -OCH3 is 1. The Labute approximate surface area is 125 Å². The molecule has 0 spiro atoms. The predicted molar refractivity (Wildman–Crippen MR) is 81.9 cm³/mol. The van der Waals surface area contributed by atoms with E-state index < -0.39 is 5.97 Å². The van der Waals surface area contributed by atoms with Crippen LogP contribution in [0.5, 0.6) is 11.5 Å². The van der Waals surface area contributed by atoms with Crippen LogP contribution in [0.2, 0.25) is 0 Å². The highest BCUT2D eigenvalue weighted by atomic mass is 16.5. The van der Waals surface area contributed by atoms with Crippen molar-refractivity contribution in [2.45, 2.75) is 27.7 Å². The Balaban J connectivity index is 0.00000106. The average molecular weight is 290 g/mol. The Morgan fingerprint density at radius 3 is 2.24 bits per heavy atom. The standard InChI is InChI=1S/C14H16N2O3.C2H6/c1-9-5-7-11(8-6-9)19-13-10(2)15-16(3)12(13)14(17)18-4;1-2/h5-8H,1-4H3;1-2H3. The maximum atomic E-state index is 11.7. The summed E-state index contributed by atoms with van der Waals surface area (Å²) in [6.45, 7) is 7.79. The van der Waals surface area contributed by atoms with E-state index in [1.54, 1.807) is 14.0 Å². The second-order valence-electron chi connectivity index (χ2n) is 4.29. The van der Waals surface area contributed by atoms with Gasteiger partial charge >= 0.3 is 5.97 Å². The summed E-state index contributed by atoms with van der Waals surface area (Å²) in [6.07, 6.45) is 0. The SMILES string of the molecule is CC.COC(=O)c1c(Oc2ccc(C)cc2)c(C)nn1C. The first-order valence-corrected chi connectivity index (χ1v) is 6.89. The van der Waals surface area contributed by atoms with Crippen LogP contribution in [-0.2, 0) is 11.8 Å². The number of rotatable bonds is 3. The number of hydrogen-bond donors (Lipinski definition) is 0. The van der Waals surface area contributed by atoms with Gasteiger partial charge in [0.25, 0.3) is 0 Å². The van der Waals surface area contributed by atoms with E-state index in [0.717, 1.165) is 5.56 Å². The highest BCUT2D eigenvalue weighted by Gasteiger charge is 2.22. The molecule has 0 bridgehead atoms. The first-order chi connectivity index (χ1) is 10.0. The minimum absolute atomic E-state index is 0.306. The van der Waals surface area contributed by atoms with Gasteiger partial charge in [-0.15, -0.1) is 0 Å². The maximum absolute atomic E-state index is 11.7. The van der Waals surface area contributed by atoms with Gasteiger partial charge in [0.05, 0.1) is 7.11 Å². The van der Waals surface area contributed by atoms with Gasteiger partial charge in [0.15, 0.2) is 11.4 Å². The van der Waals surface area contributed by atoms with E-state index in [1.807, 2.05) is 45.0 Å². The van der Waals surface area contributed by atoms with E-state index in [9.17, 15) is 4.79 Å². The second kappa shape index (κ2) is 7.47. The second-order valence-corrected chi connectivity index (χ2v) is 4.29. The molecule has 0 unspecified atom stereocenters. The molecular weight excluding hydrogens is 268 g/mol. The lowest BCUT2D eigenvalue weighted by Gasteiger charge is -2.07. The fraction of sp³-hybridized carbons (Fsp3) is 0.375. The molecule has 21 heavy (non-hydrogen) atoms. The fourth-order valence-corrected chi connectivity index (χ4v) is 1.81. The van der Waals surface area contributed by atoms with Crippen LogP contribution in [0, 0.1) is 13.8 Å². The van der Waals surface area contributed by atoms with E-state index in [2.05, 4.69) is 5.10 Å². The molecule has 0 amide bonds. The molecule has 5 heteroatoms. The lowest BCUT2D eigenvalue weighted by atomic mass is 10.2. The largest absolute Gasteiger partial charge is 0.464 e. The number of aromatic nitrogens is 2. The molecule has 5 nitrogen and oxygen atoms in total. The molecule has 1 aromatic heterocycles. The Bertz CT molecular complexity index is 601. The molecule has 0 fully saturated rings. The molecule has 1 heterocycles. The number of ether oxygens (including phenoxy) is 2. The van der Waals surface area contributed by atoms with Crippen LogP contribution in [0.25, 0.3) is 0 Å². The highest BCUT2D eigenvalue weighted by molar-refractivity contribution is 5.91. The van der Waals surface area contributed by atoms with Gasteiger partial charge in [-0.3, -0.25) is 4.68 Å². The van der Waals surface area contributed by atoms with Crippen LogP contribution in [0.4, 0.5) is 0 Å². The van der Waals surface area contributed by atoms with Gasteiger partial charge in [-0.25, -0.2) is 4.79 Å². The molecule has 0 atom stereocenters. The highest BCUT2D eigenvalue weighted by Crippen LogP contribution is 2.29. The number of benzene rings is 1. The third-order valence-corrected chi connectivity index (χ3v) is 2.79. The zero-order valence-corrected chi connectivity index (χ0v) is 13.4. The summed E-state index contributed by atoms with van der Waals surface area (Å²) < 4.78 is 12.0. The summed E-state index contributed by atoms with van der Waals surface area (Å²) in [5, 5.41) is 4.18. The molecule has 2 aromatic rings. The topological polar surface area (TPSA) is 53.4 Å². The molecule has 0 saturated carbocycles. The van der Waals surface area contributed by atoms with Crippen molar-refractivity contribution in [3.8, 4) is 11.5 Å². The van der Waals surface area contributed by atoms with Crippen molar-refractivity contribution >= 4 is 5.97 Å². The fourth-order valence-electron chi connectivity index (χ4n) is 1.81. The number of aryl methyl sites for hydroxylation is 3. The number of carbonyl (C=O) groups excluding carboxylic acids is 1. The van der Waals surface area contributed by atoms with Crippen LogP contribution in [-0.4, -0.2) is 22.9 Å². The van der Waals surface area contributed by atoms with Crippen molar-refractivity contribution in [2.75, 3.05) is 7.11 Å². The smallest absolute Gasteiger partial charge is 0.360 e. The van der Waals surface area contributed by atoms with E-state index in [1.165, 1.54) is 11.8 Å². The van der Waals surface area contributed by atoms with Gasteiger partial charge in [-0.2, -0.15) is 5.10 Å². The van der Waals surface area contributed by atoms with Crippen LogP contribution in [0.15, 0.2) is 24.3 Å². The summed E-state index contributed by atoms with van der Waals surface area (Å²) in [5.41, 5.74) is 2.09. The van der Waals surface area contributed by atoms with Crippen molar-refractivity contribution in [3.63, 3.8) is 0 Å². The van der Waals surface area contributed by atoms with E-state index in [0.29, 0.717) is 22.9 Å². The predicted octanol–water partition coefficient (Wildman–Crippen LogP) is 3.64. The maximum Gasteiger partial charge on any atom is 0.360 e. The molecule has 0 aliphatic heterocycles. The lowest BCUT2D eigenvalue weighted by molar-refractivity contribution is 0.0585. The summed E-state index contributed by atoms with van der Waals surface area (Å²) in [5.74, 6) is 0.621. The molecule has 0 saturated heterocycles. The lowest BCUT2D eigenvalue weighted by Crippen LogP contribution is -2.09. The Kier molecular flexibility index (Phi) is 5.96. The minimum atomic E-state index is -0.467. The molecule has 2 rings (SSSR count). The minimum Gasteiger partial charge on any atom is -0.464 e. The molecule has 0 N–H and O–H groups in total. The quantitative estimate of drug-likeness (QED) is 0.810. The molecule has 1 aromatic carbocycles. The van der Waals surface area contributed by atoms with Crippen molar-refractivity contribution in [1.82, 2.24) is 9.78 Å². The van der Waals surface area contributed by atoms with Gasteiger partial charge in [0, 0.05) is 7.05 Å². The van der Waals surface area contributed by atoms with Crippen molar-refractivity contribution in [1.29, 1.82) is 0 Å². The number of carbonyl (C=O) groups is 1. The van der Waals surface area contributed by atoms with E-state index in [4.69, 9.17) is 9.47 Å². The van der Waals surface area contributed by atoms with Gasteiger partial charge < -0.3 is 9.47 Å². The summed E-state index contributed by atoms with van der Waals surface area (Å²) in [4.78, 5) is 11.7. The first-order valence-electron chi connectivity index (χ1n) is 6.89.